The quantitative estimate of drug-likeness (QED) is 0.856. The summed E-state index contributed by atoms with van der Waals surface area (Å²) in [5.41, 5.74) is 0. The highest BCUT2D eigenvalue weighted by Gasteiger charge is 2.15. The molecule has 104 valence electrons. The highest BCUT2D eigenvalue weighted by Crippen LogP contribution is 2.12. The molecule has 0 aliphatic carbocycles. The van der Waals surface area contributed by atoms with E-state index in [0.717, 1.165) is 19.4 Å². The maximum atomic E-state index is 12.7. The lowest BCUT2D eigenvalue weighted by Crippen LogP contribution is -2.32. The van der Waals surface area contributed by atoms with Crippen LogP contribution in [0.2, 0.25) is 0 Å². The molecule has 1 aliphatic heterocycles. The number of carbonyl (C=O) groups is 1. The number of hydrogen-bond acceptors (Lipinski definition) is 3. The molecule has 0 spiro atoms. The molecule has 5 heteroatoms. The molecule has 0 bridgehead atoms. The van der Waals surface area contributed by atoms with Crippen LogP contribution in [0.25, 0.3) is 0 Å². The predicted octanol–water partition coefficient (Wildman–Crippen LogP) is 1.89. The molecular weight excluding hydrogens is 249 g/mol. The van der Waals surface area contributed by atoms with Gasteiger partial charge in [-0.15, -0.1) is 0 Å². The van der Waals surface area contributed by atoms with Crippen LogP contribution in [-0.4, -0.2) is 31.8 Å². The molecule has 0 unspecified atom stereocenters. The summed E-state index contributed by atoms with van der Waals surface area (Å²) in [5.74, 6) is 0.201. The molecule has 2 rings (SSSR count). The first kappa shape index (κ1) is 13.8. The topological polar surface area (TPSA) is 47.6 Å². The highest BCUT2D eigenvalue weighted by molar-refractivity contribution is 5.76. The van der Waals surface area contributed by atoms with Crippen LogP contribution in [-0.2, 0) is 9.53 Å². The lowest BCUT2D eigenvalue weighted by molar-refractivity contribution is -0.122. The number of ether oxygens (including phenoxy) is 2. The fourth-order valence-electron chi connectivity index (χ4n) is 1.91. The van der Waals surface area contributed by atoms with Crippen LogP contribution < -0.4 is 10.1 Å². The molecule has 1 fully saturated rings. The van der Waals surface area contributed by atoms with Gasteiger partial charge in [-0.3, -0.25) is 4.79 Å². The van der Waals surface area contributed by atoms with E-state index in [9.17, 15) is 9.18 Å². The Balaban J connectivity index is 1.59. The van der Waals surface area contributed by atoms with E-state index in [1.54, 1.807) is 12.1 Å². The molecular formula is C14H18FNO3. The Kier molecular flexibility index (Phi) is 5.15. The monoisotopic (exact) mass is 267 g/mol. The van der Waals surface area contributed by atoms with E-state index in [2.05, 4.69) is 5.32 Å². The van der Waals surface area contributed by atoms with Crippen molar-refractivity contribution in [1.82, 2.24) is 5.32 Å². The van der Waals surface area contributed by atoms with E-state index in [1.807, 2.05) is 0 Å². The van der Waals surface area contributed by atoms with Gasteiger partial charge in [0, 0.05) is 13.2 Å². The second-order valence-electron chi connectivity index (χ2n) is 4.49. The van der Waals surface area contributed by atoms with Crippen molar-refractivity contribution in [3.05, 3.63) is 30.1 Å². The van der Waals surface area contributed by atoms with Crippen molar-refractivity contribution in [2.75, 3.05) is 19.8 Å². The van der Waals surface area contributed by atoms with Crippen molar-refractivity contribution < 1.29 is 18.7 Å². The fourth-order valence-corrected chi connectivity index (χ4v) is 1.91. The minimum atomic E-state index is -0.304. The van der Waals surface area contributed by atoms with Crippen LogP contribution >= 0.6 is 0 Å². The van der Waals surface area contributed by atoms with E-state index in [-0.39, 0.29) is 30.9 Å². The molecule has 4 nitrogen and oxygen atoms in total. The third-order valence-electron chi connectivity index (χ3n) is 2.96. The summed E-state index contributed by atoms with van der Waals surface area (Å²) in [6, 6.07) is 5.74. The predicted molar refractivity (Wildman–Crippen MR) is 68.5 cm³/mol. The number of benzene rings is 1. The molecule has 19 heavy (non-hydrogen) atoms. The molecule has 1 aromatic carbocycles. The van der Waals surface area contributed by atoms with E-state index < -0.39 is 0 Å². The van der Waals surface area contributed by atoms with Crippen LogP contribution in [0.4, 0.5) is 4.39 Å². The Labute approximate surface area is 111 Å². The summed E-state index contributed by atoms with van der Waals surface area (Å²) in [6.07, 6.45) is 2.51. The van der Waals surface area contributed by atoms with Gasteiger partial charge in [0.25, 0.3) is 0 Å². The molecule has 1 aromatic rings. The third kappa shape index (κ3) is 4.87. The number of hydrogen-bond donors (Lipinski definition) is 1. The normalized spacial score (nSPS) is 18.3. The van der Waals surface area contributed by atoms with Gasteiger partial charge in [0.1, 0.15) is 11.6 Å². The van der Waals surface area contributed by atoms with Gasteiger partial charge in [-0.1, -0.05) is 0 Å². The highest BCUT2D eigenvalue weighted by atomic mass is 19.1. The van der Waals surface area contributed by atoms with Gasteiger partial charge in [-0.25, -0.2) is 4.39 Å². The van der Waals surface area contributed by atoms with Crippen LogP contribution in [0.15, 0.2) is 24.3 Å². The Morgan fingerprint density at radius 3 is 2.89 bits per heavy atom. The summed E-state index contributed by atoms with van der Waals surface area (Å²) in [7, 11) is 0. The van der Waals surface area contributed by atoms with Crippen molar-refractivity contribution in [2.24, 2.45) is 0 Å². The number of amides is 1. The molecule has 1 saturated heterocycles. The minimum Gasteiger partial charge on any atom is -0.493 e. The summed E-state index contributed by atoms with van der Waals surface area (Å²) >= 11 is 0. The van der Waals surface area contributed by atoms with Gasteiger partial charge in [0.05, 0.1) is 19.1 Å². The molecule has 0 aromatic heterocycles. The van der Waals surface area contributed by atoms with Crippen LogP contribution in [0.1, 0.15) is 19.3 Å². The smallest absolute Gasteiger partial charge is 0.223 e. The zero-order chi connectivity index (χ0) is 13.5. The summed E-state index contributed by atoms with van der Waals surface area (Å²) < 4.78 is 23.4. The van der Waals surface area contributed by atoms with E-state index in [4.69, 9.17) is 9.47 Å². The van der Waals surface area contributed by atoms with Gasteiger partial charge in [-0.05, 0) is 37.1 Å². The Bertz CT molecular complexity index is 402. The van der Waals surface area contributed by atoms with Crippen LogP contribution in [0.5, 0.6) is 5.75 Å². The molecule has 0 radical (unpaired) electrons. The lowest BCUT2D eigenvalue weighted by Gasteiger charge is -2.11. The van der Waals surface area contributed by atoms with Crippen molar-refractivity contribution >= 4 is 5.91 Å². The molecule has 0 saturated carbocycles. The summed E-state index contributed by atoms with van der Waals surface area (Å²) in [5, 5.41) is 2.82. The molecule has 1 aliphatic rings. The van der Waals surface area contributed by atoms with Gasteiger partial charge in [0.15, 0.2) is 0 Å². The maximum absolute atomic E-state index is 12.7. The van der Waals surface area contributed by atoms with Crippen molar-refractivity contribution in [3.63, 3.8) is 0 Å². The first-order valence-electron chi connectivity index (χ1n) is 6.51. The Hall–Kier alpha value is -1.62. The van der Waals surface area contributed by atoms with E-state index in [0.29, 0.717) is 12.3 Å². The SMILES string of the molecule is O=C(CCOc1ccc(F)cc1)NC[C@@H]1CCCO1. The second kappa shape index (κ2) is 7.09. The number of carbonyl (C=O) groups excluding carboxylic acids is 1. The average molecular weight is 267 g/mol. The number of halogens is 1. The largest absolute Gasteiger partial charge is 0.493 e. The lowest BCUT2D eigenvalue weighted by atomic mass is 10.2. The van der Waals surface area contributed by atoms with E-state index in [1.165, 1.54) is 12.1 Å². The average Bonchev–Trinajstić information content (AvgIpc) is 2.92. The zero-order valence-corrected chi connectivity index (χ0v) is 10.7. The van der Waals surface area contributed by atoms with Gasteiger partial charge < -0.3 is 14.8 Å². The summed E-state index contributed by atoms with van der Waals surface area (Å²) in [6.45, 7) is 1.63. The third-order valence-corrected chi connectivity index (χ3v) is 2.96. The van der Waals surface area contributed by atoms with Gasteiger partial charge in [-0.2, -0.15) is 0 Å². The maximum Gasteiger partial charge on any atom is 0.223 e. The Morgan fingerprint density at radius 2 is 2.21 bits per heavy atom. The van der Waals surface area contributed by atoms with Crippen molar-refractivity contribution in [3.8, 4) is 5.75 Å². The number of nitrogens with one attached hydrogen (secondary N) is 1. The molecule has 1 atom stereocenters. The molecule has 1 heterocycles. The van der Waals surface area contributed by atoms with Crippen LogP contribution in [0, 0.1) is 5.82 Å². The first-order chi connectivity index (χ1) is 9.24. The fraction of sp³-hybridized carbons (Fsp3) is 0.500. The summed E-state index contributed by atoms with van der Waals surface area (Å²) in [4.78, 5) is 11.5. The Morgan fingerprint density at radius 1 is 1.42 bits per heavy atom. The molecule has 1 N–H and O–H groups in total. The first-order valence-corrected chi connectivity index (χ1v) is 6.51. The van der Waals surface area contributed by atoms with Crippen molar-refractivity contribution in [2.45, 2.75) is 25.4 Å². The second-order valence-corrected chi connectivity index (χ2v) is 4.49. The minimum absolute atomic E-state index is 0.0578. The number of rotatable bonds is 6. The van der Waals surface area contributed by atoms with Crippen LogP contribution in [0.3, 0.4) is 0 Å². The zero-order valence-electron chi connectivity index (χ0n) is 10.7. The van der Waals surface area contributed by atoms with Crippen molar-refractivity contribution in [1.29, 1.82) is 0 Å². The molecule has 1 amide bonds. The van der Waals surface area contributed by atoms with E-state index >= 15 is 0 Å². The standard InChI is InChI=1S/C14H18FNO3/c15-11-3-5-12(6-4-11)19-9-7-14(17)16-10-13-2-1-8-18-13/h3-6,13H,1-2,7-10H2,(H,16,17)/t13-/m0/s1. The van der Waals surface area contributed by atoms with Gasteiger partial charge in [0.2, 0.25) is 5.91 Å². The van der Waals surface area contributed by atoms with Gasteiger partial charge >= 0.3 is 0 Å².